The van der Waals surface area contributed by atoms with Crippen molar-refractivity contribution in [1.82, 2.24) is 5.32 Å². The first-order valence-electron chi connectivity index (χ1n) is 8.98. The van der Waals surface area contributed by atoms with E-state index >= 15 is 0 Å². The molecular formula is C20H27ClN2O4S. The Bertz CT molecular complexity index is 859. The number of halogens is 1. The minimum atomic E-state index is -3.30. The van der Waals surface area contributed by atoms with Gasteiger partial charge >= 0.3 is 0 Å². The van der Waals surface area contributed by atoms with E-state index in [4.69, 9.17) is 16.3 Å². The van der Waals surface area contributed by atoms with E-state index in [1.165, 1.54) is 11.4 Å². The molecule has 2 N–H and O–H groups in total. The van der Waals surface area contributed by atoms with Gasteiger partial charge in [0, 0.05) is 24.7 Å². The number of anilines is 1. The lowest BCUT2D eigenvalue weighted by Gasteiger charge is -2.19. The van der Waals surface area contributed by atoms with Crippen molar-refractivity contribution < 1.29 is 18.3 Å². The maximum Gasteiger partial charge on any atom is 0.231 e. The molecule has 0 saturated carbocycles. The highest BCUT2D eigenvalue weighted by atomic mass is 35.5. The van der Waals surface area contributed by atoms with Crippen LogP contribution in [0.5, 0.6) is 5.75 Å². The summed E-state index contributed by atoms with van der Waals surface area (Å²) < 4.78 is 29.8. The molecule has 0 aromatic heterocycles. The van der Waals surface area contributed by atoms with Gasteiger partial charge in [-0.25, -0.2) is 8.42 Å². The van der Waals surface area contributed by atoms with Crippen LogP contribution in [0.1, 0.15) is 12.5 Å². The molecule has 28 heavy (non-hydrogen) atoms. The molecule has 2 aromatic rings. The van der Waals surface area contributed by atoms with E-state index in [9.17, 15) is 13.5 Å². The van der Waals surface area contributed by atoms with Crippen LogP contribution in [0.2, 0.25) is 5.02 Å². The molecule has 0 amide bonds. The summed E-state index contributed by atoms with van der Waals surface area (Å²) in [6, 6.07) is 14.6. The number of nitrogens with one attached hydrogen (secondary N) is 1. The summed E-state index contributed by atoms with van der Waals surface area (Å²) in [6.07, 6.45) is 1.29. The van der Waals surface area contributed by atoms with Gasteiger partial charge in [-0.05, 0) is 55.3 Å². The van der Waals surface area contributed by atoms with Crippen molar-refractivity contribution in [2.45, 2.75) is 25.5 Å². The number of ether oxygens (including phenoxy) is 1. The van der Waals surface area contributed by atoms with Crippen LogP contribution in [-0.4, -0.2) is 52.1 Å². The predicted octanol–water partition coefficient (Wildman–Crippen LogP) is 2.70. The van der Waals surface area contributed by atoms with Gasteiger partial charge in [0.2, 0.25) is 10.0 Å². The summed E-state index contributed by atoms with van der Waals surface area (Å²) in [7, 11) is -1.81. The quantitative estimate of drug-likeness (QED) is 0.610. The van der Waals surface area contributed by atoms with Crippen molar-refractivity contribution in [2.24, 2.45) is 0 Å². The third-order valence-electron chi connectivity index (χ3n) is 4.27. The van der Waals surface area contributed by atoms with Crippen LogP contribution < -0.4 is 14.4 Å². The molecule has 0 radical (unpaired) electrons. The Kier molecular flexibility index (Phi) is 8.12. The highest BCUT2D eigenvalue weighted by Crippen LogP contribution is 2.20. The fourth-order valence-electron chi connectivity index (χ4n) is 2.62. The van der Waals surface area contributed by atoms with Gasteiger partial charge in [0.25, 0.3) is 0 Å². The fourth-order valence-corrected chi connectivity index (χ4v) is 3.34. The zero-order chi connectivity index (χ0) is 20.7. The summed E-state index contributed by atoms with van der Waals surface area (Å²) in [5, 5.41) is 14.1. The van der Waals surface area contributed by atoms with Gasteiger partial charge in [0.1, 0.15) is 18.5 Å². The van der Waals surface area contributed by atoms with E-state index in [1.54, 1.807) is 24.3 Å². The zero-order valence-corrected chi connectivity index (χ0v) is 17.9. The Morgan fingerprint density at radius 1 is 1.21 bits per heavy atom. The highest BCUT2D eigenvalue weighted by Gasteiger charge is 2.12. The van der Waals surface area contributed by atoms with Crippen molar-refractivity contribution in [1.29, 1.82) is 0 Å². The van der Waals surface area contributed by atoms with Gasteiger partial charge in [-0.3, -0.25) is 4.31 Å². The Morgan fingerprint density at radius 3 is 2.50 bits per heavy atom. The van der Waals surface area contributed by atoms with Crippen molar-refractivity contribution in [3.63, 3.8) is 0 Å². The van der Waals surface area contributed by atoms with Gasteiger partial charge in [-0.2, -0.15) is 0 Å². The van der Waals surface area contributed by atoms with E-state index in [1.807, 2.05) is 31.2 Å². The van der Waals surface area contributed by atoms with Crippen LogP contribution in [0.25, 0.3) is 0 Å². The normalized spacial score (nSPS) is 13.8. The average molecular weight is 427 g/mol. The molecule has 0 bridgehead atoms. The first-order valence-corrected chi connectivity index (χ1v) is 11.2. The Morgan fingerprint density at radius 2 is 1.89 bits per heavy atom. The van der Waals surface area contributed by atoms with Crippen molar-refractivity contribution in [3.8, 4) is 5.75 Å². The number of sulfonamides is 1. The van der Waals surface area contributed by atoms with Gasteiger partial charge in [-0.1, -0.05) is 23.7 Å². The first kappa shape index (κ1) is 22.5. The molecule has 8 heteroatoms. The van der Waals surface area contributed by atoms with Crippen molar-refractivity contribution >= 4 is 27.3 Å². The second-order valence-corrected chi connectivity index (χ2v) is 9.28. The van der Waals surface area contributed by atoms with E-state index in [0.29, 0.717) is 23.0 Å². The SMILES string of the molecule is C[C@@H](Cc1cccc(Cl)c1)NC[C@@H](O)COc1ccc(N(C)S(C)(=O)=O)cc1. The molecule has 2 atom stereocenters. The molecule has 0 unspecified atom stereocenters. The number of hydrogen-bond donors (Lipinski definition) is 2. The number of nitrogens with zero attached hydrogens (tertiary/aromatic N) is 1. The Hall–Kier alpha value is -1.80. The molecule has 0 aliphatic heterocycles. The summed E-state index contributed by atoms with van der Waals surface area (Å²) in [5.41, 5.74) is 1.68. The maximum absolute atomic E-state index is 11.5. The summed E-state index contributed by atoms with van der Waals surface area (Å²) >= 11 is 6.00. The molecule has 6 nitrogen and oxygen atoms in total. The van der Waals surface area contributed by atoms with Crippen LogP contribution in [0.3, 0.4) is 0 Å². The topological polar surface area (TPSA) is 78.9 Å². The highest BCUT2D eigenvalue weighted by molar-refractivity contribution is 7.92. The molecule has 0 heterocycles. The molecule has 2 aromatic carbocycles. The lowest BCUT2D eigenvalue weighted by atomic mass is 10.1. The first-order chi connectivity index (χ1) is 13.1. The van der Waals surface area contributed by atoms with E-state index in [2.05, 4.69) is 5.32 Å². The van der Waals surface area contributed by atoms with Crippen molar-refractivity contribution in [3.05, 3.63) is 59.1 Å². The van der Waals surface area contributed by atoms with E-state index in [0.717, 1.165) is 18.2 Å². The zero-order valence-electron chi connectivity index (χ0n) is 16.3. The van der Waals surface area contributed by atoms with Crippen LogP contribution >= 0.6 is 11.6 Å². The second kappa shape index (κ2) is 10.1. The van der Waals surface area contributed by atoms with Crippen LogP contribution in [-0.2, 0) is 16.4 Å². The molecule has 0 aliphatic carbocycles. The molecule has 0 fully saturated rings. The summed E-state index contributed by atoms with van der Waals surface area (Å²) in [4.78, 5) is 0. The smallest absolute Gasteiger partial charge is 0.231 e. The maximum atomic E-state index is 11.5. The third kappa shape index (κ3) is 7.31. The molecule has 2 rings (SSSR count). The average Bonchev–Trinajstić information content (AvgIpc) is 2.64. The van der Waals surface area contributed by atoms with E-state index < -0.39 is 16.1 Å². The Labute approximate surface area is 172 Å². The molecule has 0 aliphatic rings. The minimum absolute atomic E-state index is 0.137. The molecule has 0 saturated heterocycles. The summed E-state index contributed by atoms with van der Waals surface area (Å²) in [5.74, 6) is 0.566. The van der Waals surface area contributed by atoms with Crippen molar-refractivity contribution in [2.75, 3.05) is 30.8 Å². The molecule has 154 valence electrons. The lowest BCUT2D eigenvalue weighted by molar-refractivity contribution is 0.104. The largest absolute Gasteiger partial charge is 0.491 e. The van der Waals surface area contributed by atoms with Crippen LogP contribution in [0.4, 0.5) is 5.69 Å². The molecular weight excluding hydrogens is 400 g/mol. The predicted molar refractivity (Wildman–Crippen MR) is 114 cm³/mol. The Balaban J connectivity index is 1.75. The van der Waals surface area contributed by atoms with Gasteiger partial charge in [0.15, 0.2) is 0 Å². The van der Waals surface area contributed by atoms with Gasteiger partial charge in [0.05, 0.1) is 11.9 Å². The fraction of sp³-hybridized carbons (Fsp3) is 0.400. The number of rotatable bonds is 10. The number of hydrogen-bond acceptors (Lipinski definition) is 5. The number of aliphatic hydroxyl groups excluding tert-OH is 1. The number of benzene rings is 2. The van der Waals surface area contributed by atoms with Gasteiger partial charge in [-0.15, -0.1) is 0 Å². The van der Waals surface area contributed by atoms with E-state index in [-0.39, 0.29) is 12.6 Å². The minimum Gasteiger partial charge on any atom is -0.491 e. The van der Waals surface area contributed by atoms with Crippen LogP contribution in [0.15, 0.2) is 48.5 Å². The van der Waals surface area contributed by atoms with Crippen LogP contribution in [0, 0.1) is 0 Å². The molecule has 0 spiro atoms. The third-order valence-corrected chi connectivity index (χ3v) is 5.71. The number of aliphatic hydroxyl groups is 1. The second-order valence-electron chi connectivity index (χ2n) is 6.83. The lowest BCUT2D eigenvalue weighted by Crippen LogP contribution is -2.37. The van der Waals surface area contributed by atoms with Gasteiger partial charge < -0.3 is 15.2 Å². The summed E-state index contributed by atoms with van der Waals surface area (Å²) in [6.45, 7) is 2.58. The standard InChI is InChI=1S/C20H27ClN2O4S/c1-15(11-16-5-4-6-17(21)12-16)22-13-19(24)14-27-20-9-7-18(8-10-20)23(2)28(3,25)26/h4-10,12,15,19,22,24H,11,13-14H2,1-3H3/t15-,19+/m0/s1. The monoisotopic (exact) mass is 426 g/mol.